The van der Waals surface area contributed by atoms with Gasteiger partial charge in [-0.3, -0.25) is 4.79 Å². The molecule has 0 aromatic heterocycles. The maximum absolute atomic E-state index is 13.3. The molecule has 0 saturated carbocycles. The smallest absolute Gasteiger partial charge is 0.257 e. The summed E-state index contributed by atoms with van der Waals surface area (Å²) in [4.78, 5) is 11.4. The number of amides is 1. The van der Waals surface area contributed by atoms with E-state index in [1.807, 2.05) is 0 Å². The lowest BCUT2D eigenvalue weighted by molar-refractivity contribution is -0.123. The van der Waals surface area contributed by atoms with E-state index in [4.69, 9.17) is 4.74 Å². The Kier molecular flexibility index (Phi) is 6.12. The molecule has 0 fully saturated rings. The number of benzene rings is 1. The molecule has 0 aliphatic carbocycles. The largest absolute Gasteiger partial charge is 0.481 e. The number of nitrogens with one attached hydrogen (secondary N) is 1. The zero-order valence-corrected chi connectivity index (χ0v) is 12.1. The van der Waals surface area contributed by atoms with Crippen LogP contribution in [0.25, 0.3) is 0 Å². The Morgan fingerprint density at radius 3 is 2.89 bits per heavy atom. The maximum Gasteiger partial charge on any atom is 0.257 e. The average molecular weight is 318 g/mol. The monoisotopic (exact) mass is 317 g/mol. The maximum atomic E-state index is 13.3. The van der Waals surface area contributed by atoms with Crippen LogP contribution in [0.5, 0.6) is 5.75 Å². The van der Waals surface area contributed by atoms with E-state index in [1.54, 1.807) is 6.07 Å². The van der Waals surface area contributed by atoms with Crippen molar-refractivity contribution in [3.63, 3.8) is 0 Å². The summed E-state index contributed by atoms with van der Waals surface area (Å²) in [6.07, 6.45) is 0.914. The van der Waals surface area contributed by atoms with E-state index in [1.165, 1.54) is 12.1 Å². The second-order valence-electron chi connectivity index (χ2n) is 4.40. The summed E-state index contributed by atoms with van der Waals surface area (Å²) in [6, 6.07) is 4.36. The fourth-order valence-electron chi connectivity index (χ4n) is 1.28. The molecule has 0 heterocycles. The van der Waals surface area contributed by atoms with Gasteiger partial charge in [-0.15, -0.1) is 0 Å². The molecule has 0 unspecified atom stereocenters. The summed E-state index contributed by atoms with van der Waals surface area (Å²) in [7, 11) is 0. The lowest BCUT2D eigenvalue weighted by Crippen LogP contribution is -2.30. The molecular weight excluding hydrogens is 301 g/mol. The van der Waals surface area contributed by atoms with Gasteiger partial charge in [0.1, 0.15) is 0 Å². The summed E-state index contributed by atoms with van der Waals surface area (Å²) >= 11 is 3.21. The molecule has 0 radical (unpaired) electrons. The Labute approximate surface area is 115 Å². The molecule has 1 amide bonds. The number of rotatable bonds is 6. The van der Waals surface area contributed by atoms with E-state index in [0.717, 1.165) is 6.42 Å². The molecule has 1 rings (SSSR count). The number of ether oxygens (including phenoxy) is 1. The third-order valence-corrected chi connectivity index (χ3v) is 2.79. The summed E-state index contributed by atoms with van der Waals surface area (Å²) < 4.78 is 19.1. The lowest BCUT2D eigenvalue weighted by atomic mass is 10.1. The molecule has 1 aromatic carbocycles. The van der Waals surface area contributed by atoms with Gasteiger partial charge in [0.2, 0.25) is 0 Å². The first kappa shape index (κ1) is 15.0. The first-order valence-electron chi connectivity index (χ1n) is 5.83. The molecule has 0 spiro atoms. The summed E-state index contributed by atoms with van der Waals surface area (Å²) in [5.41, 5.74) is 0. The molecule has 100 valence electrons. The highest BCUT2D eigenvalue weighted by atomic mass is 79.9. The Morgan fingerprint density at radius 1 is 1.50 bits per heavy atom. The molecule has 1 N–H and O–H groups in total. The molecule has 0 aliphatic rings. The van der Waals surface area contributed by atoms with Crippen LogP contribution in [0.2, 0.25) is 0 Å². The molecule has 0 bridgehead atoms. The third kappa shape index (κ3) is 5.49. The van der Waals surface area contributed by atoms with Crippen molar-refractivity contribution in [1.29, 1.82) is 0 Å². The standard InChI is InChI=1S/C13H17BrFNO2/c1-9(2)5-6-16-13(17)8-18-12-7-10(14)3-4-11(12)15/h3-4,7,9H,5-6,8H2,1-2H3,(H,16,17). The summed E-state index contributed by atoms with van der Waals surface area (Å²) in [6.45, 7) is 4.60. The second-order valence-corrected chi connectivity index (χ2v) is 5.31. The van der Waals surface area contributed by atoms with Crippen LogP contribution in [0.15, 0.2) is 22.7 Å². The van der Waals surface area contributed by atoms with Crippen LogP contribution in [0, 0.1) is 11.7 Å². The van der Waals surface area contributed by atoms with Gasteiger partial charge in [-0.05, 0) is 30.5 Å². The molecule has 0 aliphatic heterocycles. The first-order chi connectivity index (χ1) is 8.49. The van der Waals surface area contributed by atoms with Gasteiger partial charge in [-0.1, -0.05) is 29.8 Å². The molecular formula is C13H17BrFNO2. The van der Waals surface area contributed by atoms with Crippen molar-refractivity contribution >= 4 is 21.8 Å². The number of carbonyl (C=O) groups excluding carboxylic acids is 1. The van der Waals surface area contributed by atoms with Crippen molar-refractivity contribution in [3.05, 3.63) is 28.5 Å². The van der Waals surface area contributed by atoms with Gasteiger partial charge in [0.25, 0.3) is 5.91 Å². The van der Waals surface area contributed by atoms with Crippen LogP contribution in [0.3, 0.4) is 0 Å². The van der Waals surface area contributed by atoms with Crippen LogP contribution in [0.4, 0.5) is 4.39 Å². The van der Waals surface area contributed by atoms with Crippen LogP contribution in [-0.2, 0) is 4.79 Å². The van der Waals surface area contributed by atoms with Gasteiger partial charge >= 0.3 is 0 Å². The highest BCUT2D eigenvalue weighted by Crippen LogP contribution is 2.21. The SMILES string of the molecule is CC(C)CCNC(=O)COc1cc(Br)ccc1F. The molecule has 0 saturated heterocycles. The number of carbonyl (C=O) groups is 1. The molecule has 18 heavy (non-hydrogen) atoms. The molecule has 3 nitrogen and oxygen atoms in total. The topological polar surface area (TPSA) is 38.3 Å². The lowest BCUT2D eigenvalue weighted by Gasteiger charge is -2.09. The van der Waals surface area contributed by atoms with Gasteiger partial charge in [-0.2, -0.15) is 0 Å². The van der Waals surface area contributed by atoms with Crippen LogP contribution in [-0.4, -0.2) is 19.1 Å². The predicted molar refractivity (Wildman–Crippen MR) is 72.1 cm³/mol. The second kappa shape index (κ2) is 7.36. The van der Waals surface area contributed by atoms with Crippen molar-refractivity contribution in [3.8, 4) is 5.75 Å². The van der Waals surface area contributed by atoms with Gasteiger partial charge in [0, 0.05) is 11.0 Å². The van der Waals surface area contributed by atoms with E-state index in [-0.39, 0.29) is 18.3 Å². The van der Waals surface area contributed by atoms with Gasteiger partial charge in [0.15, 0.2) is 18.2 Å². The van der Waals surface area contributed by atoms with E-state index in [0.29, 0.717) is 16.9 Å². The van der Waals surface area contributed by atoms with Gasteiger partial charge in [0.05, 0.1) is 0 Å². The molecule has 0 atom stereocenters. The normalized spacial score (nSPS) is 10.5. The Bertz CT molecular complexity index is 410. The first-order valence-corrected chi connectivity index (χ1v) is 6.63. The minimum Gasteiger partial charge on any atom is -0.481 e. The zero-order chi connectivity index (χ0) is 13.5. The van der Waals surface area contributed by atoms with Crippen LogP contribution >= 0.6 is 15.9 Å². The number of hydrogen-bond acceptors (Lipinski definition) is 2. The van der Waals surface area contributed by atoms with Crippen molar-refractivity contribution in [2.75, 3.05) is 13.2 Å². The van der Waals surface area contributed by atoms with Gasteiger partial charge in [-0.25, -0.2) is 4.39 Å². The van der Waals surface area contributed by atoms with Crippen molar-refractivity contribution in [2.45, 2.75) is 20.3 Å². The predicted octanol–water partition coefficient (Wildman–Crippen LogP) is 3.13. The number of halogens is 2. The van der Waals surface area contributed by atoms with E-state index >= 15 is 0 Å². The minimum absolute atomic E-state index is 0.0726. The van der Waals surface area contributed by atoms with Crippen LogP contribution < -0.4 is 10.1 Å². The highest BCUT2D eigenvalue weighted by Gasteiger charge is 2.07. The fourth-order valence-corrected chi connectivity index (χ4v) is 1.62. The van der Waals surface area contributed by atoms with Crippen molar-refractivity contribution in [1.82, 2.24) is 5.32 Å². The van der Waals surface area contributed by atoms with E-state index in [9.17, 15) is 9.18 Å². The molecule has 5 heteroatoms. The Balaban J connectivity index is 2.36. The van der Waals surface area contributed by atoms with Gasteiger partial charge < -0.3 is 10.1 Å². The summed E-state index contributed by atoms with van der Waals surface area (Å²) in [5.74, 6) is -0.111. The Hall–Kier alpha value is -1.10. The highest BCUT2D eigenvalue weighted by molar-refractivity contribution is 9.10. The quantitative estimate of drug-likeness (QED) is 0.875. The van der Waals surface area contributed by atoms with Crippen LogP contribution in [0.1, 0.15) is 20.3 Å². The zero-order valence-electron chi connectivity index (χ0n) is 10.5. The van der Waals surface area contributed by atoms with E-state index in [2.05, 4.69) is 35.1 Å². The third-order valence-electron chi connectivity index (χ3n) is 2.30. The average Bonchev–Trinajstić information content (AvgIpc) is 2.30. The fraction of sp³-hybridized carbons (Fsp3) is 0.462. The minimum atomic E-state index is -0.479. The van der Waals surface area contributed by atoms with Crippen molar-refractivity contribution < 1.29 is 13.9 Å². The van der Waals surface area contributed by atoms with Crippen molar-refractivity contribution in [2.24, 2.45) is 5.92 Å². The number of hydrogen-bond donors (Lipinski definition) is 1. The summed E-state index contributed by atoms with van der Waals surface area (Å²) in [5, 5.41) is 2.72. The van der Waals surface area contributed by atoms with E-state index < -0.39 is 5.82 Å². The molecule has 1 aromatic rings. The Morgan fingerprint density at radius 2 is 2.22 bits per heavy atom.